The van der Waals surface area contributed by atoms with Crippen LogP contribution in [0.3, 0.4) is 0 Å². The van der Waals surface area contributed by atoms with Gasteiger partial charge >= 0.3 is 6.18 Å². The molecule has 32 heavy (non-hydrogen) atoms. The van der Waals surface area contributed by atoms with Gasteiger partial charge in [0.05, 0.1) is 10.6 Å². The Labute approximate surface area is 188 Å². The highest BCUT2D eigenvalue weighted by Crippen LogP contribution is 2.35. The van der Waals surface area contributed by atoms with Crippen LogP contribution in [0.4, 0.5) is 13.2 Å². The van der Waals surface area contributed by atoms with Crippen LogP contribution in [0.2, 0.25) is 5.02 Å². The zero-order chi connectivity index (χ0) is 23.3. The van der Waals surface area contributed by atoms with E-state index in [0.29, 0.717) is 38.0 Å². The minimum absolute atomic E-state index is 0.0287. The molecule has 0 aromatic heterocycles. The van der Waals surface area contributed by atoms with Crippen LogP contribution in [-0.2, 0) is 29.3 Å². The average Bonchev–Trinajstić information content (AvgIpc) is 3.02. The van der Waals surface area contributed by atoms with Crippen molar-refractivity contribution < 1.29 is 26.4 Å². The van der Waals surface area contributed by atoms with Crippen molar-refractivity contribution in [1.82, 2.24) is 9.80 Å². The van der Waals surface area contributed by atoms with Crippen molar-refractivity contribution in [2.24, 2.45) is 5.14 Å². The molecule has 172 valence electrons. The lowest BCUT2D eigenvalue weighted by molar-refractivity contribution is -0.138. The Morgan fingerprint density at radius 2 is 1.78 bits per heavy atom. The number of nitrogens with zero attached hydrogens (tertiary/aromatic N) is 2. The van der Waals surface area contributed by atoms with Gasteiger partial charge in [-0.3, -0.25) is 9.69 Å². The van der Waals surface area contributed by atoms with Crippen LogP contribution in [0.1, 0.15) is 39.9 Å². The van der Waals surface area contributed by atoms with Gasteiger partial charge in [-0.1, -0.05) is 29.8 Å². The number of carbonyl (C=O) groups is 1. The topological polar surface area (TPSA) is 83.7 Å². The van der Waals surface area contributed by atoms with Gasteiger partial charge in [-0.2, -0.15) is 13.2 Å². The Bertz CT molecular complexity index is 1160. The van der Waals surface area contributed by atoms with Crippen molar-refractivity contribution in [2.45, 2.75) is 43.0 Å². The fraction of sp³-hybridized carbons (Fsp3) is 0.381. The quantitative estimate of drug-likeness (QED) is 0.714. The SMILES string of the molecule is NS(=O)(=O)c1cc2c(cc1Cl)CN(C1CCN(Cc3ccccc3C(F)(F)F)CC1)C2=O. The summed E-state index contributed by atoms with van der Waals surface area (Å²) in [5, 5.41) is 5.15. The first-order valence-electron chi connectivity index (χ1n) is 9.99. The monoisotopic (exact) mass is 487 g/mol. The predicted molar refractivity (Wildman–Crippen MR) is 112 cm³/mol. The lowest BCUT2D eigenvalue weighted by Gasteiger charge is -2.37. The Hall–Kier alpha value is -2.14. The second-order valence-corrected chi connectivity index (χ2v) is 10.0. The molecule has 0 saturated carbocycles. The van der Waals surface area contributed by atoms with Gasteiger partial charge in [0.25, 0.3) is 5.91 Å². The third-order valence-electron chi connectivity index (χ3n) is 6.01. The summed E-state index contributed by atoms with van der Waals surface area (Å²) >= 11 is 6.04. The van der Waals surface area contributed by atoms with Crippen LogP contribution < -0.4 is 5.14 Å². The van der Waals surface area contributed by atoms with E-state index in [1.807, 2.05) is 4.90 Å². The number of rotatable bonds is 4. The van der Waals surface area contributed by atoms with E-state index in [-0.39, 0.29) is 39.5 Å². The van der Waals surface area contributed by atoms with Gasteiger partial charge in [0, 0.05) is 37.8 Å². The van der Waals surface area contributed by atoms with E-state index in [9.17, 15) is 26.4 Å². The van der Waals surface area contributed by atoms with Gasteiger partial charge in [0.2, 0.25) is 10.0 Å². The van der Waals surface area contributed by atoms with Crippen LogP contribution in [0.15, 0.2) is 41.3 Å². The lowest BCUT2D eigenvalue weighted by Crippen LogP contribution is -2.44. The van der Waals surface area contributed by atoms with Gasteiger partial charge < -0.3 is 4.90 Å². The number of hydrogen-bond acceptors (Lipinski definition) is 4. The highest BCUT2D eigenvalue weighted by Gasteiger charge is 2.37. The molecule has 2 aliphatic rings. The van der Waals surface area contributed by atoms with E-state index in [4.69, 9.17) is 16.7 Å². The van der Waals surface area contributed by atoms with E-state index in [2.05, 4.69) is 0 Å². The molecule has 6 nitrogen and oxygen atoms in total. The number of likely N-dealkylation sites (tertiary alicyclic amines) is 1. The molecule has 2 heterocycles. The third-order valence-corrected chi connectivity index (χ3v) is 7.39. The summed E-state index contributed by atoms with van der Waals surface area (Å²) in [6.07, 6.45) is -3.20. The van der Waals surface area contributed by atoms with Crippen LogP contribution >= 0.6 is 11.6 Å². The van der Waals surface area contributed by atoms with E-state index < -0.39 is 21.8 Å². The Morgan fingerprint density at radius 1 is 1.12 bits per heavy atom. The Morgan fingerprint density at radius 3 is 2.41 bits per heavy atom. The first-order valence-corrected chi connectivity index (χ1v) is 11.9. The summed E-state index contributed by atoms with van der Waals surface area (Å²) in [6, 6.07) is 8.13. The summed E-state index contributed by atoms with van der Waals surface area (Å²) in [4.78, 5) is 16.3. The largest absolute Gasteiger partial charge is 0.416 e. The second kappa shape index (κ2) is 8.33. The summed E-state index contributed by atoms with van der Waals surface area (Å²) in [7, 11) is -4.06. The number of benzene rings is 2. The first kappa shape index (κ1) is 23.0. The molecule has 1 amide bonds. The van der Waals surface area contributed by atoms with Gasteiger partial charge in [-0.05, 0) is 42.2 Å². The average molecular weight is 488 g/mol. The van der Waals surface area contributed by atoms with Gasteiger partial charge in [0.1, 0.15) is 4.90 Å². The summed E-state index contributed by atoms with van der Waals surface area (Å²) in [5.41, 5.74) is 0.497. The molecule has 11 heteroatoms. The molecule has 1 fully saturated rings. The van der Waals surface area contributed by atoms with Crippen LogP contribution in [0.25, 0.3) is 0 Å². The lowest BCUT2D eigenvalue weighted by atomic mass is 10.0. The zero-order valence-electron chi connectivity index (χ0n) is 16.9. The molecule has 2 N–H and O–H groups in total. The molecule has 0 spiro atoms. The Kier molecular flexibility index (Phi) is 6.00. The van der Waals surface area contributed by atoms with E-state index in [1.165, 1.54) is 24.3 Å². The van der Waals surface area contributed by atoms with Gasteiger partial charge in [-0.25, -0.2) is 13.6 Å². The number of sulfonamides is 1. The van der Waals surface area contributed by atoms with Crippen molar-refractivity contribution in [2.75, 3.05) is 13.1 Å². The van der Waals surface area contributed by atoms with Crippen LogP contribution in [0.5, 0.6) is 0 Å². The molecule has 2 aromatic rings. The molecule has 0 radical (unpaired) electrons. The maximum Gasteiger partial charge on any atom is 0.416 e. The summed E-state index contributed by atoms with van der Waals surface area (Å²) in [6.45, 7) is 1.57. The number of halogens is 4. The van der Waals surface area contributed by atoms with Crippen LogP contribution in [0, 0.1) is 0 Å². The number of piperidine rings is 1. The molecule has 1 saturated heterocycles. The number of primary sulfonamides is 1. The van der Waals surface area contributed by atoms with Crippen molar-refractivity contribution in [3.05, 3.63) is 63.7 Å². The number of amides is 1. The number of alkyl halides is 3. The van der Waals surface area contributed by atoms with Crippen molar-refractivity contribution in [3.63, 3.8) is 0 Å². The van der Waals surface area contributed by atoms with Gasteiger partial charge in [0.15, 0.2) is 0 Å². The minimum Gasteiger partial charge on any atom is -0.331 e. The predicted octanol–water partition coefficient (Wildman–Crippen LogP) is 3.63. The minimum atomic E-state index is -4.40. The second-order valence-electron chi connectivity index (χ2n) is 8.08. The molecule has 0 unspecified atom stereocenters. The van der Waals surface area contributed by atoms with Crippen molar-refractivity contribution in [1.29, 1.82) is 0 Å². The molecule has 2 aromatic carbocycles. The maximum absolute atomic E-state index is 13.3. The van der Waals surface area contributed by atoms with Gasteiger partial charge in [-0.15, -0.1) is 0 Å². The summed E-state index contributed by atoms with van der Waals surface area (Å²) < 4.78 is 63.2. The normalized spacial score (nSPS) is 18.3. The molecule has 2 aliphatic heterocycles. The van der Waals surface area contributed by atoms with E-state index in [0.717, 1.165) is 6.07 Å². The highest BCUT2D eigenvalue weighted by molar-refractivity contribution is 7.89. The molecule has 0 bridgehead atoms. The number of carbonyl (C=O) groups excluding carboxylic acids is 1. The maximum atomic E-state index is 13.3. The highest BCUT2D eigenvalue weighted by atomic mass is 35.5. The Balaban J connectivity index is 1.44. The molecule has 0 atom stereocenters. The molecular weight excluding hydrogens is 467 g/mol. The van der Waals surface area contributed by atoms with Crippen LogP contribution in [-0.4, -0.2) is 43.3 Å². The molecule has 4 rings (SSSR count). The van der Waals surface area contributed by atoms with Crippen molar-refractivity contribution >= 4 is 27.5 Å². The molecule has 0 aliphatic carbocycles. The van der Waals surface area contributed by atoms with E-state index >= 15 is 0 Å². The zero-order valence-corrected chi connectivity index (χ0v) is 18.5. The third kappa shape index (κ3) is 4.50. The van der Waals surface area contributed by atoms with Crippen molar-refractivity contribution in [3.8, 4) is 0 Å². The smallest absolute Gasteiger partial charge is 0.331 e. The number of fused-ring (bicyclic) bond motifs is 1. The fourth-order valence-electron chi connectivity index (χ4n) is 4.41. The molecular formula is C21H21ClF3N3O3S. The fourth-order valence-corrected chi connectivity index (χ4v) is 5.53. The van der Waals surface area contributed by atoms with E-state index in [1.54, 1.807) is 11.0 Å². The number of hydrogen-bond donors (Lipinski definition) is 1. The standard InChI is InChI=1S/C21H21ClF3N3O3S/c22-18-9-14-12-28(20(29)16(14)10-19(18)32(26,30)31)15-5-7-27(8-6-15)11-13-3-1-2-4-17(13)21(23,24)25/h1-4,9-10,15H,5-8,11-12H2,(H2,26,30,31). The summed E-state index contributed by atoms with van der Waals surface area (Å²) in [5.74, 6) is -0.289. The first-order chi connectivity index (χ1) is 14.9. The number of nitrogens with two attached hydrogens (primary N) is 1.